The number of ether oxygens (including phenoxy) is 2. The molecule has 0 saturated carbocycles. The van der Waals surface area contributed by atoms with Crippen LogP contribution in [0.5, 0.6) is 11.5 Å². The monoisotopic (exact) mass is 425 g/mol. The van der Waals surface area contributed by atoms with Gasteiger partial charge in [-0.1, -0.05) is 42.8 Å². The van der Waals surface area contributed by atoms with Crippen molar-refractivity contribution in [3.63, 3.8) is 0 Å². The van der Waals surface area contributed by atoms with Crippen molar-refractivity contribution in [2.45, 2.75) is 13.3 Å². The third-order valence-electron chi connectivity index (χ3n) is 4.95. The summed E-state index contributed by atoms with van der Waals surface area (Å²) < 4.78 is 13.3. The van der Waals surface area contributed by atoms with Gasteiger partial charge in [-0.05, 0) is 35.8 Å². The molecule has 2 aromatic heterocycles. The van der Waals surface area contributed by atoms with Gasteiger partial charge in [0.15, 0.2) is 0 Å². The molecule has 7 heteroatoms. The summed E-state index contributed by atoms with van der Waals surface area (Å²) in [4.78, 5) is 7.89. The number of halogens is 1. The van der Waals surface area contributed by atoms with Crippen LogP contribution in [0, 0.1) is 4.77 Å². The number of hydrogen-bond donors (Lipinski definition) is 1. The Kier molecular flexibility index (Phi) is 5.30. The predicted octanol–water partition coefficient (Wildman–Crippen LogP) is 5.96. The van der Waals surface area contributed by atoms with Crippen LogP contribution in [0.1, 0.15) is 12.5 Å². The second-order valence-electron chi connectivity index (χ2n) is 6.58. The van der Waals surface area contributed by atoms with Crippen LogP contribution in [0.25, 0.3) is 28.0 Å². The third kappa shape index (κ3) is 3.50. The Bertz CT molecular complexity index is 1250. The second-order valence-corrected chi connectivity index (χ2v) is 7.35. The van der Waals surface area contributed by atoms with E-state index >= 15 is 0 Å². The lowest BCUT2D eigenvalue weighted by Crippen LogP contribution is -1.96. The van der Waals surface area contributed by atoms with E-state index in [-0.39, 0.29) is 0 Å². The maximum atomic E-state index is 6.27. The van der Waals surface area contributed by atoms with Gasteiger partial charge in [0.1, 0.15) is 17.1 Å². The van der Waals surface area contributed by atoms with Gasteiger partial charge in [0.2, 0.25) is 4.77 Å². The van der Waals surface area contributed by atoms with Crippen LogP contribution in [0.3, 0.4) is 0 Å². The number of hydrogen-bond acceptors (Lipinski definition) is 4. The molecule has 5 nitrogen and oxygen atoms in total. The van der Waals surface area contributed by atoms with Crippen LogP contribution in [0.4, 0.5) is 0 Å². The third-order valence-corrected chi connectivity index (χ3v) is 5.55. The molecule has 2 heterocycles. The van der Waals surface area contributed by atoms with E-state index in [0.717, 1.165) is 34.5 Å². The van der Waals surface area contributed by atoms with Gasteiger partial charge in [-0.2, -0.15) is 0 Å². The number of aryl methyl sites for hydroxylation is 1. The highest BCUT2D eigenvalue weighted by molar-refractivity contribution is 7.71. The summed E-state index contributed by atoms with van der Waals surface area (Å²) in [6.07, 6.45) is 4.71. The number of imidazole rings is 1. The van der Waals surface area contributed by atoms with Crippen LogP contribution in [0.2, 0.25) is 5.02 Å². The quantitative estimate of drug-likeness (QED) is 0.401. The standard InChI is InChI=1S/C22H20ClN3O2S/c1-4-13-5-7-14(8-6-13)18-12-26-21(25-18)16(11-24-22(26)29)15-9-20(28-3)17(23)10-19(15)27-2/h5-12,25H,4H2,1-3H3. The van der Waals surface area contributed by atoms with Gasteiger partial charge in [-0.3, -0.25) is 4.40 Å². The largest absolute Gasteiger partial charge is 0.496 e. The first kappa shape index (κ1) is 19.5. The molecule has 0 unspecified atom stereocenters. The van der Waals surface area contributed by atoms with Crippen molar-refractivity contribution < 1.29 is 9.47 Å². The molecule has 0 fully saturated rings. The topological polar surface area (TPSA) is 51.6 Å². The first-order valence-electron chi connectivity index (χ1n) is 9.17. The highest BCUT2D eigenvalue weighted by atomic mass is 35.5. The number of rotatable bonds is 5. The molecule has 0 spiro atoms. The highest BCUT2D eigenvalue weighted by Crippen LogP contribution is 2.40. The van der Waals surface area contributed by atoms with Gasteiger partial charge in [-0.25, -0.2) is 4.98 Å². The Balaban J connectivity index is 1.94. The Morgan fingerprint density at radius 2 is 1.79 bits per heavy atom. The molecule has 0 saturated heterocycles. The molecule has 0 aliphatic heterocycles. The Labute approximate surface area is 178 Å². The van der Waals surface area contributed by atoms with Gasteiger partial charge in [0.25, 0.3) is 0 Å². The molecule has 0 aliphatic carbocycles. The van der Waals surface area contributed by atoms with Gasteiger partial charge < -0.3 is 14.5 Å². The van der Waals surface area contributed by atoms with Crippen molar-refractivity contribution in [2.75, 3.05) is 14.2 Å². The number of benzene rings is 2. The Morgan fingerprint density at radius 1 is 1.07 bits per heavy atom. The molecule has 0 radical (unpaired) electrons. The van der Waals surface area contributed by atoms with Gasteiger partial charge in [0.05, 0.1) is 24.9 Å². The maximum Gasteiger partial charge on any atom is 0.205 e. The van der Waals surface area contributed by atoms with Crippen LogP contribution in [-0.2, 0) is 6.42 Å². The van der Waals surface area contributed by atoms with Crippen molar-refractivity contribution in [3.8, 4) is 33.9 Å². The lowest BCUT2D eigenvalue weighted by molar-refractivity contribution is 0.404. The van der Waals surface area contributed by atoms with E-state index in [2.05, 4.69) is 41.2 Å². The van der Waals surface area contributed by atoms with E-state index < -0.39 is 0 Å². The fourth-order valence-corrected chi connectivity index (χ4v) is 3.77. The summed E-state index contributed by atoms with van der Waals surface area (Å²) in [6, 6.07) is 12.1. The minimum Gasteiger partial charge on any atom is -0.496 e. The van der Waals surface area contributed by atoms with Gasteiger partial charge in [0, 0.05) is 29.6 Å². The van der Waals surface area contributed by atoms with Crippen molar-refractivity contribution >= 4 is 29.5 Å². The van der Waals surface area contributed by atoms with Crippen LogP contribution >= 0.6 is 23.8 Å². The molecule has 148 valence electrons. The summed E-state index contributed by atoms with van der Waals surface area (Å²) in [6.45, 7) is 2.14. The molecular weight excluding hydrogens is 406 g/mol. The molecule has 29 heavy (non-hydrogen) atoms. The average molecular weight is 426 g/mol. The fraction of sp³-hybridized carbons (Fsp3) is 0.182. The fourth-order valence-electron chi connectivity index (χ4n) is 3.34. The van der Waals surface area contributed by atoms with Crippen LogP contribution in [0.15, 0.2) is 48.8 Å². The minimum atomic E-state index is 0.469. The second kappa shape index (κ2) is 7.89. The summed E-state index contributed by atoms with van der Waals surface area (Å²) >= 11 is 11.7. The summed E-state index contributed by atoms with van der Waals surface area (Å²) in [5.74, 6) is 1.19. The summed E-state index contributed by atoms with van der Waals surface area (Å²) in [5.41, 5.74) is 5.79. The summed E-state index contributed by atoms with van der Waals surface area (Å²) in [7, 11) is 3.19. The molecular formula is C22H20ClN3O2S. The number of aromatic nitrogens is 3. The maximum absolute atomic E-state index is 6.27. The summed E-state index contributed by atoms with van der Waals surface area (Å²) in [5, 5.41) is 0.480. The molecule has 0 amide bonds. The number of H-pyrrole nitrogens is 1. The van der Waals surface area contributed by atoms with Gasteiger partial charge in [-0.15, -0.1) is 0 Å². The average Bonchev–Trinajstić information content (AvgIpc) is 3.20. The molecule has 4 rings (SSSR count). The van der Waals surface area contributed by atoms with Crippen molar-refractivity contribution in [1.29, 1.82) is 0 Å². The van der Waals surface area contributed by atoms with Crippen LogP contribution < -0.4 is 9.47 Å². The van der Waals surface area contributed by atoms with Crippen molar-refractivity contribution in [2.24, 2.45) is 0 Å². The number of nitrogens with one attached hydrogen (secondary N) is 1. The molecule has 2 aromatic carbocycles. The molecule has 0 atom stereocenters. The SMILES string of the molecule is CCc1ccc(-c2cn3c(=S)ncc(-c4cc(OC)c(Cl)cc4OC)c3[nH]2)cc1. The van der Waals surface area contributed by atoms with E-state index in [1.165, 1.54) is 5.56 Å². The molecule has 4 aromatic rings. The van der Waals surface area contributed by atoms with E-state index in [1.54, 1.807) is 26.5 Å². The zero-order valence-corrected chi connectivity index (χ0v) is 17.9. The molecule has 1 N–H and O–H groups in total. The number of nitrogens with zero attached hydrogens (tertiary/aromatic N) is 2. The van der Waals surface area contributed by atoms with Crippen molar-refractivity contribution in [1.82, 2.24) is 14.4 Å². The Hall–Kier alpha value is -2.83. The smallest absolute Gasteiger partial charge is 0.205 e. The van der Waals surface area contributed by atoms with E-state index in [1.807, 2.05) is 16.7 Å². The number of methoxy groups -OCH3 is 2. The zero-order valence-electron chi connectivity index (χ0n) is 16.3. The predicted molar refractivity (Wildman–Crippen MR) is 119 cm³/mol. The number of fused-ring (bicyclic) bond motifs is 1. The molecule has 0 bridgehead atoms. The Morgan fingerprint density at radius 3 is 2.45 bits per heavy atom. The first-order valence-corrected chi connectivity index (χ1v) is 9.96. The lowest BCUT2D eigenvalue weighted by Gasteiger charge is -2.13. The highest BCUT2D eigenvalue weighted by Gasteiger charge is 2.17. The van der Waals surface area contributed by atoms with Crippen LogP contribution in [-0.4, -0.2) is 28.6 Å². The first-order chi connectivity index (χ1) is 14.0. The zero-order chi connectivity index (χ0) is 20.5. The van der Waals surface area contributed by atoms with Gasteiger partial charge >= 0.3 is 0 Å². The van der Waals surface area contributed by atoms with E-state index in [9.17, 15) is 0 Å². The van der Waals surface area contributed by atoms with E-state index in [0.29, 0.717) is 21.3 Å². The number of aromatic amines is 1. The minimum absolute atomic E-state index is 0.469. The normalized spacial score (nSPS) is 11.0. The molecule has 0 aliphatic rings. The van der Waals surface area contributed by atoms with Crippen molar-refractivity contribution in [3.05, 3.63) is 64.1 Å². The van der Waals surface area contributed by atoms with E-state index in [4.69, 9.17) is 33.3 Å². The lowest BCUT2D eigenvalue weighted by atomic mass is 10.1.